The summed E-state index contributed by atoms with van der Waals surface area (Å²) in [7, 11) is 0. The van der Waals surface area contributed by atoms with E-state index in [9.17, 15) is 14.4 Å². The summed E-state index contributed by atoms with van der Waals surface area (Å²) in [6.07, 6.45) is -0.589. The SMILES string of the molecule is Cc1nc(NC(=O)OC(C)(C)C)ccc1CNC(=O)Cn1c(C)cc(SC(C)C)c(N)c1=O. The molecule has 0 atom stereocenters. The van der Waals surface area contributed by atoms with Gasteiger partial charge in [0.15, 0.2) is 0 Å². The average Bonchev–Trinajstić information content (AvgIpc) is 2.66. The molecule has 10 heteroatoms. The fourth-order valence-corrected chi connectivity index (χ4v) is 3.91. The van der Waals surface area contributed by atoms with Crippen molar-refractivity contribution in [2.45, 2.75) is 77.3 Å². The van der Waals surface area contributed by atoms with Gasteiger partial charge in [0.25, 0.3) is 5.56 Å². The normalized spacial score (nSPS) is 11.4. The summed E-state index contributed by atoms with van der Waals surface area (Å²) >= 11 is 1.52. The summed E-state index contributed by atoms with van der Waals surface area (Å²) in [6.45, 7) is 13.0. The largest absolute Gasteiger partial charge is 0.444 e. The van der Waals surface area contributed by atoms with E-state index in [1.165, 1.54) is 16.3 Å². The van der Waals surface area contributed by atoms with Gasteiger partial charge in [-0.05, 0) is 52.3 Å². The van der Waals surface area contributed by atoms with E-state index >= 15 is 0 Å². The Hall–Kier alpha value is -3.01. The Morgan fingerprint density at radius 1 is 1.24 bits per heavy atom. The number of thioether (sulfide) groups is 1. The van der Waals surface area contributed by atoms with E-state index in [0.717, 1.165) is 10.5 Å². The molecule has 0 bridgehead atoms. The van der Waals surface area contributed by atoms with Crippen LogP contribution in [0.15, 0.2) is 27.9 Å². The number of hydrogen-bond donors (Lipinski definition) is 3. The smallest absolute Gasteiger partial charge is 0.413 e. The van der Waals surface area contributed by atoms with Crippen molar-refractivity contribution < 1.29 is 14.3 Å². The van der Waals surface area contributed by atoms with Crippen LogP contribution in [0.4, 0.5) is 16.3 Å². The number of rotatable bonds is 7. The lowest BCUT2D eigenvalue weighted by atomic mass is 10.2. The van der Waals surface area contributed by atoms with Gasteiger partial charge in [0.05, 0.1) is 0 Å². The zero-order chi connectivity index (χ0) is 24.9. The minimum atomic E-state index is -0.609. The van der Waals surface area contributed by atoms with Gasteiger partial charge in [-0.15, -0.1) is 11.8 Å². The van der Waals surface area contributed by atoms with E-state index in [1.807, 2.05) is 19.9 Å². The molecule has 0 fully saturated rings. The van der Waals surface area contributed by atoms with E-state index in [4.69, 9.17) is 10.5 Å². The number of nitrogens with one attached hydrogen (secondary N) is 2. The van der Waals surface area contributed by atoms with E-state index in [1.54, 1.807) is 46.8 Å². The van der Waals surface area contributed by atoms with Crippen molar-refractivity contribution in [1.82, 2.24) is 14.9 Å². The highest BCUT2D eigenvalue weighted by Gasteiger charge is 2.17. The number of hydrogen-bond acceptors (Lipinski definition) is 7. The number of carbonyl (C=O) groups is 2. The molecule has 4 N–H and O–H groups in total. The Kier molecular flexibility index (Phi) is 8.54. The Bertz CT molecular complexity index is 1090. The molecule has 0 aliphatic carbocycles. The molecule has 2 aromatic heterocycles. The van der Waals surface area contributed by atoms with Gasteiger partial charge in [0.2, 0.25) is 5.91 Å². The van der Waals surface area contributed by atoms with Gasteiger partial charge in [-0.25, -0.2) is 9.78 Å². The number of nitrogens with zero attached hydrogens (tertiary/aromatic N) is 2. The van der Waals surface area contributed by atoms with Gasteiger partial charge in [0.1, 0.15) is 23.7 Å². The molecule has 0 unspecified atom stereocenters. The highest BCUT2D eigenvalue weighted by molar-refractivity contribution is 8.00. The number of amides is 2. The number of aryl methyl sites for hydroxylation is 2. The van der Waals surface area contributed by atoms with E-state index in [2.05, 4.69) is 15.6 Å². The van der Waals surface area contributed by atoms with Gasteiger partial charge in [0, 0.05) is 28.1 Å². The maximum absolute atomic E-state index is 12.7. The third-order valence-corrected chi connectivity index (χ3v) is 5.53. The lowest BCUT2D eigenvalue weighted by Crippen LogP contribution is -2.34. The van der Waals surface area contributed by atoms with Crippen molar-refractivity contribution in [2.24, 2.45) is 0 Å². The first kappa shape index (κ1) is 26.2. The third-order valence-electron chi connectivity index (χ3n) is 4.47. The van der Waals surface area contributed by atoms with Crippen molar-refractivity contribution in [1.29, 1.82) is 0 Å². The first-order chi connectivity index (χ1) is 15.3. The van der Waals surface area contributed by atoms with Crippen molar-refractivity contribution >= 4 is 35.3 Å². The molecule has 0 aliphatic rings. The second-order valence-corrected chi connectivity index (χ2v) is 10.6. The van der Waals surface area contributed by atoms with Gasteiger partial charge in [-0.1, -0.05) is 19.9 Å². The maximum atomic E-state index is 12.7. The number of aromatic nitrogens is 2. The Morgan fingerprint density at radius 2 is 1.91 bits per heavy atom. The molecule has 2 aromatic rings. The van der Waals surface area contributed by atoms with Gasteiger partial charge in [-0.2, -0.15) is 0 Å². The zero-order valence-electron chi connectivity index (χ0n) is 20.2. The second-order valence-electron chi connectivity index (χ2n) is 8.97. The minimum absolute atomic E-state index is 0.133. The molecular weight excluding hydrogens is 442 g/mol. The lowest BCUT2D eigenvalue weighted by Gasteiger charge is -2.19. The van der Waals surface area contributed by atoms with Crippen LogP contribution in [0.1, 0.15) is 51.6 Å². The van der Waals surface area contributed by atoms with Crippen LogP contribution >= 0.6 is 11.8 Å². The maximum Gasteiger partial charge on any atom is 0.413 e. The average molecular weight is 476 g/mol. The second kappa shape index (κ2) is 10.7. The fraction of sp³-hybridized carbons (Fsp3) is 0.478. The van der Waals surface area contributed by atoms with Crippen LogP contribution in [-0.2, 0) is 22.6 Å². The monoisotopic (exact) mass is 475 g/mol. The number of ether oxygens (including phenoxy) is 1. The first-order valence-electron chi connectivity index (χ1n) is 10.7. The van der Waals surface area contributed by atoms with E-state index in [0.29, 0.717) is 17.2 Å². The summed E-state index contributed by atoms with van der Waals surface area (Å²) in [6, 6.07) is 5.24. The first-order valence-corrected chi connectivity index (χ1v) is 11.5. The van der Waals surface area contributed by atoms with Gasteiger partial charge >= 0.3 is 6.09 Å². The van der Waals surface area contributed by atoms with Crippen molar-refractivity contribution in [2.75, 3.05) is 11.1 Å². The van der Waals surface area contributed by atoms with E-state index in [-0.39, 0.29) is 35.5 Å². The number of anilines is 2. The number of carbonyl (C=O) groups excluding carboxylic acids is 2. The number of nitrogen functional groups attached to an aromatic ring is 1. The summed E-state index contributed by atoms with van der Waals surface area (Å²) in [5.41, 5.74) is 7.28. The quantitative estimate of drug-likeness (QED) is 0.522. The van der Waals surface area contributed by atoms with Gasteiger partial charge < -0.3 is 20.4 Å². The molecule has 0 radical (unpaired) electrons. The Balaban J connectivity index is 2.02. The van der Waals surface area contributed by atoms with Crippen LogP contribution in [-0.4, -0.2) is 32.4 Å². The third kappa shape index (κ3) is 7.81. The molecule has 33 heavy (non-hydrogen) atoms. The molecule has 180 valence electrons. The standard InChI is InChI=1S/C23H33N5O4S/c1-13(2)33-17-10-14(3)28(21(30)20(17)24)12-19(29)25-11-16-8-9-18(26-15(16)4)27-22(31)32-23(5,6)7/h8-10,13H,11-12,24H2,1-7H3,(H,25,29)(H,26,27,31). The Morgan fingerprint density at radius 3 is 2.48 bits per heavy atom. The van der Waals surface area contributed by atoms with Crippen molar-refractivity contribution in [3.63, 3.8) is 0 Å². The topological polar surface area (TPSA) is 128 Å². The number of nitrogens with two attached hydrogens (primary N) is 1. The minimum Gasteiger partial charge on any atom is -0.444 e. The van der Waals surface area contributed by atoms with Crippen LogP contribution in [0.2, 0.25) is 0 Å². The lowest BCUT2D eigenvalue weighted by molar-refractivity contribution is -0.121. The zero-order valence-corrected chi connectivity index (χ0v) is 21.1. The van der Waals surface area contributed by atoms with Crippen molar-refractivity contribution in [3.8, 4) is 0 Å². The van der Waals surface area contributed by atoms with E-state index < -0.39 is 11.7 Å². The molecular formula is C23H33N5O4S. The van der Waals surface area contributed by atoms with Crippen LogP contribution in [0.5, 0.6) is 0 Å². The molecule has 2 rings (SSSR count). The molecule has 0 spiro atoms. The highest BCUT2D eigenvalue weighted by Crippen LogP contribution is 2.27. The predicted molar refractivity (Wildman–Crippen MR) is 132 cm³/mol. The summed E-state index contributed by atoms with van der Waals surface area (Å²) in [5.74, 6) is 0.0352. The summed E-state index contributed by atoms with van der Waals surface area (Å²) in [5, 5.41) is 5.68. The van der Waals surface area contributed by atoms with Crippen LogP contribution in [0, 0.1) is 13.8 Å². The number of pyridine rings is 2. The highest BCUT2D eigenvalue weighted by atomic mass is 32.2. The van der Waals surface area contributed by atoms with Crippen LogP contribution in [0.3, 0.4) is 0 Å². The fourth-order valence-electron chi connectivity index (χ4n) is 2.95. The Labute approximate surface area is 198 Å². The van der Waals surface area contributed by atoms with Crippen LogP contribution < -0.4 is 21.9 Å². The molecule has 2 heterocycles. The predicted octanol–water partition coefficient (Wildman–Crippen LogP) is 3.61. The van der Waals surface area contributed by atoms with Gasteiger partial charge in [-0.3, -0.25) is 14.9 Å². The summed E-state index contributed by atoms with van der Waals surface area (Å²) < 4.78 is 6.58. The molecule has 0 saturated heterocycles. The summed E-state index contributed by atoms with van der Waals surface area (Å²) in [4.78, 5) is 42.1. The van der Waals surface area contributed by atoms with Crippen molar-refractivity contribution in [3.05, 3.63) is 45.5 Å². The molecule has 2 amide bonds. The molecule has 9 nitrogen and oxygen atoms in total. The molecule has 0 aliphatic heterocycles. The molecule has 0 saturated carbocycles. The molecule has 0 aromatic carbocycles. The van der Waals surface area contributed by atoms with Crippen LogP contribution in [0.25, 0.3) is 0 Å².